The molecule has 0 atom stereocenters. The van der Waals surface area contributed by atoms with E-state index in [9.17, 15) is 0 Å². The molecule has 0 radical (unpaired) electrons. The number of piperidine rings is 1. The number of aromatic nitrogens is 5. The molecule has 0 spiro atoms. The first-order valence-electron chi connectivity index (χ1n) is 14.3. The fourth-order valence-electron chi connectivity index (χ4n) is 6.03. The molecular weight excluding hydrogens is 494 g/mol. The largest absolute Gasteiger partial charge is 0.351 e. The second-order valence-corrected chi connectivity index (χ2v) is 12.0. The average molecular weight is 534 g/mol. The number of nitrogens with one attached hydrogen (secondary N) is 2. The number of thiazole rings is 1. The third kappa shape index (κ3) is 6.47. The first kappa shape index (κ1) is 25.6. The summed E-state index contributed by atoms with van der Waals surface area (Å²) in [5.74, 6) is 1.43. The van der Waals surface area contributed by atoms with Crippen molar-refractivity contribution in [2.24, 2.45) is 0 Å². The zero-order valence-corrected chi connectivity index (χ0v) is 23.2. The van der Waals surface area contributed by atoms with Crippen molar-refractivity contribution in [2.45, 2.75) is 83.3 Å². The predicted molar refractivity (Wildman–Crippen MR) is 153 cm³/mol. The van der Waals surface area contributed by atoms with Gasteiger partial charge in [0.1, 0.15) is 0 Å². The minimum absolute atomic E-state index is 0.473. The maximum absolute atomic E-state index is 4.80. The summed E-state index contributed by atoms with van der Waals surface area (Å²) in [6.45, 7) is 7.76. The van der Waals surface area contributed by atoms with Gasteiger partial charge in [0.05, 0.1) is 28.7 Å². The normalized spacial score (nSPS) is 20.1. The molecule has 202 valence electrons. The monoisotopic (exact) mass is 533 g/mol. The maximum atomic E-state index is 4.80. The molecule has 0 bridgehead atoms. The van der Waals surface area contributed by atoms with Crippen molar-refractivity contribution in [1.82, 2.24) is 34.7 Å². The molecule has 1 saturated carbocycles. The smallest absolute Gasteiger partial charge is 0.223 e. The molecule has 9 nitrogen and oxygen atoms in total. The number of hydrogen-bond donors (Lipinski definition) is 2. The first-order chi connectivity index (χ1) is 18.7. The Kier molecular flexibility index (Phi) is 8.08. The third-order valence-electron chi connectivity index (χ3n) is 8.09. The fourth-order valence-corrected chi connectivity index (χ4v) is 6.81. The SMILES string of the molecule is Cc1cc(-c2cnc(Nc3cnc(CN4CCC(N5CCCC5)CC4)cn3)s2)nc(NC2CCCCC2)n1. The Morgan fingerprint density at radius 3 is 2.45 bits per heavy atom. The molecule has 0 amide bonds. The van der Waals surface area contributed by atoms with Crippen molar-refractivity contribution in [3.8, 4) is 10.6 Å². The zero-order chi connectivity index (χ0) is 25.7. The Morgan fingerprint density at radius 1 is 0.868 bits per heavy atom. The molecule has 2 saturated heterocycles. The van der Waals surface area contributed by atoms with Crippen molar-refractivity contribution in [1.29, 1.82) is 0 Å². The Labute approximate surface area is 229 Å². The molecule has 10 heteroatoms. The summed E-state index contributed by atoms with van der Waals surface area (Å²) in [5, 5.41) is 7.64. The van der Waals surface area contributed by atoms with Gasteiger partial charge in [0, 0.05) is 43.6 Å². The van der Waals surface area contributed by atoms with Crippen molar-refractivity contribution >= 4 is 28.2 Å². The summed E-state index contributed by atoms with van der Waals surface area (Å²) >= 11 is 1.57. The van der Waals surface area contributed by atoms with Gasteiger partial charge in [0.25, 0.3) is 0 Å². The molecule has 2 N–H and O–H groups in total. The van der Waals surface area contributed by atoms with Crippen LogP contribution in [0.3, 0.4) is 0 Å². The van der Waals surface area contributed by atoms with Crippen LogP contribution in [0.25, 0.3) is 10.6 Å². The van der Waals surface area contributed by atoms with Gasteiger partial charge in [-0.3, -0.25) is 9.88 Å². The van der Waals surface area contributed by atoms with Crippen molar-refractivity contribution in [3.05, 3.63) is 36.0 Å². The van der Waals surface area contributed by atoms with Crippen LogP contribution in [0.4, 0.5) is 16.9 Å². The second-order valence-electron chi connectivity index (χ2n) is 11.0. The lowest BCUT2D eigenvalue weighted by Crippen LogP contribution is -2.43. The lowest BCUT2D eigenvalue weighted by molar-refractivity contribution is 0.122. The van der Waals surface area contributed by atoms with E-state index >= 15 is 0 Å². The van der Waals surface area contributed by atoms with Crippen LogP contribution in [-0.4, -0.2) is 73.0 Å². The van der Waals surface area contributed by atoms with Crippen LogP contribution in [0.15, 0.2) is 24.7 Å². The summed E-state index contributed by atoms with van der Waals surface area (Å²) in [7, 11) is 0. The number of rotatable bonds is 8. The van der Waals surface area contributed by atoms with Crippen LogP contribution >= 0.6 is 11.3 Å². The van der Waals surface area contributed by atoms with Crippen LogP contribution in [0.1, 0.15) is 69.2 Å². The molecule has 6 rings (SSSR count). The van der Waals surface area contributed by atoms with Crippen molar-refractivity contribution < 1.29 is 0 Å². The van der Waals surface area contributed by atoms with Crippen LogP contribution in [0, 0.1) is 6.92 Å². The molecular formula is C28H39N9S. The molecule has 0 aromatic carbocycles. The predicted octanol–water partition coefficient (Wildman–Crippen LogP) is 5.25. The molecule has 3 aromatic rings. The molecule has 3 aliphatic rings. The molecule has 1 aliphatic carbocycles. The van der Waals surface area contributed by atoms with Gasteiger partial charge in [-0.05, 0) is 64.6 Å². The summed E-state index contributed by atoms with van der Waals surface area (Å²) in [6, 6.07) is 3.27. The van der Waals surface area contributed by atoms with Crippen LogP contribution < -0.4 is 10.6 Å². The van der Waals surface area contributed by atoms with Gasteiger partial charge in [-0.2, -0.15) is 0 Å². The van der Waals surface area contributed by atoms with Gasteiger partial charge >= 0.3 is 0 Å². The number of nitrogens with zero attached hydrogens (tertiary/aromatic N) is 7. The lowest BCUT2D eigenvalue weighted by Gasteiger charge is -2.36. The van der Waals surface area contributed by atoms with E-state index in [1.54, 1.807) is 11.3 Å². The van der Waals surface area contributed by atoms with Crippen LogP contribution in [0.2, 0.25) is 0 Å². The topological polar surface area (TPSA) is 95.0 Å². The van der Waals surface area contributed by atoms with E-state index in [4.69, 9.17) is 4.98 Å². The molecule has 3 aromatic heterocycles. The van der Waals surface area contributed by atoms with Gasteiger partial charge < -0.3 is 15.5 Å². The quantitative estimate of drug-likeness (QED) is 0.403. The summed E-state index contributed by atoms with van der Waals surface area (Å²) < 4.78 is 0. The standard InChI is InChI=1S/C28H39N9S/c1-20-15-24(34-27(32-20)33-21-7-3-2-4-8-21)25-17-31-28(38-25)35-26-18-29-22(16-30-26)19-36-13-9-23(10-14-36)37-11-5-6-12-37/h15-18,21,23H,2-14,19H2,1H3,(H,30,31,35)(H,32,33,34). The Balaban J connectivity index is 1.03. The summed E-state index contributed by atoms with van der Waals surface area (Å²) in [6.07, 6.45) is 17.1. The highest BCUT2D eigenvalue weighted by Gasteiger charge is 2.26. The first-order valence-corrected chi connectivity index (χ1v) is 15.1. The summed E-state index contributed by atoms with van der Waals surface area (Å²) in [4.78, 5) is 29.5. The lowest BCUT2D eigenvalue weighted by atomic mass is 9.96. The van der Waals surface area contributed by atoms with Crippen molar-refractivity contribution in [3.63, 3.8) is 0 Å². The molecule has 0 unspecified atom stereocenters. The van der Waals surface area contributed by atoms with Gasteiger partial charge in [-0.25, -0.2) is 19.9 Å². The zero-order valence-electron chi connectivity index (χ0n) is 22.4. The van der Waals surface area contributed by atoms with Crippen LogP contribution in [-0.2, 0) is 6.54 Å². The fraction of sp³-hybridized carbons (Fsp3) is 0.607. The van der Waals surface area contributed by atoms with E-state index in [1.165, 1.54) is 70.9 Å². The van der Waals surface area contributed by atoms with E-state index in [1.807, 2.05) is 31.6 Å². The highest BCUT2D eigenvalue weighted by atomic mass is 32.1. The highest BCUT2D eigenvalue weighted by Crippen LogP contribution is 2.30. The second kappa shape index (κ2) is 12.0. The Morgan fingerprint density at radius 2 is 1.68 bits per heavy atom. The Bertz CT molecular complexity index is 1180. The summed E-state index contributed by atoms with van der Waals surface area (Å²) in [5.41, 5.74) is 2.87. The van der Waals surface area contributed by atoms with Crippen LogP contribution in [0.5, 0.6) is 0 Å². The minimum Gasteiger partial charge on any atom is -0.351 e. The number of likely N-dealkylation sites (tertiary alicyclic amines) is 2. The van der Waals surface area contributed by atoms with E-state index in [2.05, 4.69) is 40.4 Å². The van der Waals surface area contributed by atoms with E-state index < -0.39 is 0 Å². The van der Waals surface area contributed by atoms with Gasteiger partial charge in [0.2, 0.25) is 5.95 Å². The van der Waals surface area contributed by atoms with Gasteiger partial charge in [0.15, 0.2) is 10.9 Å². The minimum atomic E-state index is 0.473. The van der Waals surface area contributed by atoms with Crippen molar-refractivity contribution in [2.75, 3.05) is 36.8 Å². The van der Waals surface area contributed by atoms with E-state index in [0.29, 0.717) is 11.9 Å². The average Bonchev–Trinajstić information content (AvgIpc) is 3.64. The van der Waals surface area contributed by atoms with E-state index in [-0.39, 0.29) is 0 Å². The molecule has 3 fully saturated rings. The highest BCUT2D eigenvalue weighted by molar-refractivity contribution is 7.18. The molecule has 2 aliphatic heterocycles. The van der Waals surface area contributed by atoms with Gasteiger partial charge in [-0.15, -0.1) is 0 Å². The molecule has 38 heavy (non-hydrogen) atoms. The number of hydrogen-bond acceptors (Lipinski definition) is 10. The van der Waals surface area contributed by atoms with Gasteiger partial charge in [-0.1, -0.05) is 30.6 Å². The third-order valence-corrected chi connectivity index (χ3v) is 9.03. The molecule has 5 heterocycles. The number of anilines is 3. The number of aryl methyl sites for hydroxylation is 1. The van der Waals surface area contributed by atoms with E-state index in [0.717, 1.165) is 58.7 Å². The maximum Gasteiger partial charge on any atom is 0.223 e. The Hall–Kier alpha value is -2.69.